The maximum atomic E-state index is 9.05. The predicted molar refractivity (Wildman–Crippen MR) is 70.7 cm³/mol. The van der Waals surface area contributed by atoms with Gasteiger partial charge in [0.2, 0.25) is 0 Å². The molecule has 0 amide bonds. The van der Waals surface area contributed by atoms with Crippen molar-refractivity contribution in [3.63, 3.8) is 0 Å². The molecule has 0 saturated heterocycles. The molecule has 0 aliphatic heterocycles. The summed E-state index contributed by atoms with van der Waals surface area (Å²) in [4.78, 5) is 10.1. The second kappa shape index (κ2) is 4.84. The second-order valence-corrected chi connectivity index (χ2v) is 4.19. The van der Waals surface area contributed by atoms with Gasteiger partial charge in [0.25, 0.3) is 0 Å². The molecule has 4 heteroatoms. The van der Waals surface area contributed by atoms with E-state index < -0.39 is 0 Å². The van der Waals surface area contributed by atoms with Crippen molar-refractivity contribution in [2.75, 3.05) is 11.9 Å². The average Bonchev–Trinajstić information content (AvgIpc) is 2.38. The molecule has 90 valence electrons. The first kappa shape index (κ1) is 12.1. The van der Waals surface area contributed by atoms with Crippen molar-refractivity contribution in [1.29, 1.82) is 5.26 Å². The van der Waals surface area contributed by atoms with Crippen molar-refractivity contribution in [2.45, 2.75) is 13.8 Å². The van der Waals surface area contributed by atoms with Crippen LogP contribution in [0.2, 0.25) is 0 Å². The molecular weight excluding hydrogens is 224 g/mol. The van der Waals surface area contributed by atoms with Crippen LogP contribution >= 0.6 is 0 Å². The lowest BCUT2D eigenvalue weighted by Gasteiger charge is -2.21. The molecule has 0 aliphatic carbocycles. The maximum absolute atomic E-state index is 9.05. The Labute approximate surface area is 107 Å². The van der Waals surface area contributed by atoms with Crippen LogP contribution in [0, 0.1) is 25.2 Å². The summed E-state index contributed by atoms with van der Waals surface area (Å²) in [5, 5.41) is 9.05. The van der Waals surface area contributed by atoms with Gasteiger partial charge in [0.05, 0.1) is 0 Å². The number of hydrogen-bond donors (Lipinski definition) is 0. The molecule has 2 aromatic rings. The van der Waals surface area contributed by atoms with Gasteiger partial charge in [-0.25, -0.2) is 9.97 Å². The van der Waals surface area contributed by atoms with Crippen molar-refractivity contribution in [2.24, 2.45) is 0 Å². The molecule has 2 rings (SSSR count). The van der Waals surface area contributed by atoms with Gasteiger partial charge >= 0.3 is 0 Å². The van der Waals surface area contributed by atoms with E-state index in [2.05, 4.69) is 29.0 Å². The minimum atomic E-state index is 0.333. The Morgan fingerprint density at radius 2 is 1.89 bits per heavy atom. The van der Waals surface area contributed by atoms with Crippen LogP contribution < -0.4 is 4.90 Å². The first-order valence-electron chi connectivity index (χ1n) is 5.65. The van der Waals surface area contributed by atoms with Gasteiger partial charge in [0.1, 0.15) is 6.07 Å². The van der Waals surface area contributed by atoms with E-state index in [1.807, 2.05) is 31.0 Å². The predicted octanol–water partition coefficient (Wildman–Crippen LogP) is 2.73. The zero-order valence-electron chi connectivity index (χ0n) is 10.7. The summed E-state index contributed by atoms with van der Waals surface area (Å²) in [6.45, 7) is 4.10. The number of aromatic nitrogens is 2. The monoisotopic (exact) mass is 238 g/mol. The molecule has 0 unspecified atom stereocenters. The number of nitrogens with zero attached hydrogens (tertiary/aromatic N) is 4. The lowest BCUT2D eigenvalue weighted by molar-refractivity contribution is 1.06. The van der Waals surface area contributed by atoms with E-state index in [1.165, 1.54) is 11.8 Å². The first-order valence-corrected chi connectivity index (χ1v) is 5.65. The van der Waals surface area contributed by atoms with Gasteiger partial charge in [-0.05, 0) is 25.5 Å². The van der Waals surface area contributed by atoms with E-state index in [1.54, 1.807) is 6.20 Å². The van der Waals surface area contributed by atoms with Crippen LogP contribution in [-0.2, 0) is 0 Å². The Morgan fingerprint density at radius 1 is 1.17 bits per heavy atom. The quantitative estimate of drug-likeness (QED) is 0.807. The van der Waals surface area contributed by atoms with E-state index in [0.29, 0.717) is 11.5 Å². The topological polar surface area (TPSA) is 52.8 Å². The van der Waals surface area contributed by atoms with Crippen LogP contribution in [0.3, 0.4) is 0 Å². The van der Waals surface area contributed by atoms with Gasteiger partial charge in [0, 0.05) is 25.1 Å². The Balaban J connectivity index is 2.48. The van der Waals surface area contributed by atoms with Crippen molar-refractivity contribution >= 4 is 11.5 Å². The fraction of sp³-hybridized carbons (Fsp3) is 0.214. The van der Waals surface area contributed by atoms with Crippen molar-refractivity contribution in [3.8, 4) is 6.07 Å². The largest absolute Gasteiger partial charge is 0.327 e. The van der Waals surface area contributed by atoms with Crippen molar-refractivity contribution in [1.82, 2.24) is 9.97 Å². The lowest BCUT2D eigenvalue weighted by Crippen LogP contribution is -2.14. The second-order valence-electron chi connectivity index (χ2n) is 4.19. The van der Waals surface area contributed by atoms with Gasteiger partial charge in [0.15, 0.2) is 11.5 Å². The highest BCUT2D eigenvalue weighted by molar-refractivity contribution is 5.66. The maximum Gasteiger partial charge on any atom is 0.183 e. The smallest absolute Gasteiger partial charge is 0.183 e. The third kappa shape index (κ3) is 2.16. The van der Waals surface area contributed by atoms with Crippen LogP contribution in [0.1, 0.15) is 16.8 Å². The summed E-state index contributed by atoms with van der Waals surface area (Å²) >= 11 is 0. The fourth-order valence-corrected chi connectivity index (χ4v) is 1.95. The molecule has 0 bridgehead atoms. The third-order valence-corrected chi connectivity index (χ3v) is 2.82. The summed E-state index contributed by atoms with van der Waals surface area (Å²) < 4.78 is 0. The van der Waals surface area contributed by atoms with Gasteiger partial charge < -0.3 is 4.90 Å². The Bertz CT molecular complexity index is 613. The van der Waals surface area contributed by atoms with Crippen molar-refractivity contribution < 1.29 is 0 Å². The first-order chi connectivity index (χ1) is 8.63. The molecule has 0 radical (unpaired) electrons. The van der Waals surface area contributed by atoms with Gasteiger partial charge in [-0.15, -0.1) is 0 Å². The summed E-state index contributed by atoms with van der Waals surface area (Å²) in [6, 6.07) is 8.24. The summed E-state index contributed by atoms with van der Waals surface area (Å²) in [5.41, 5.74) is 3.72. The molecular formula is C14H14N4. The average molecular weight is 238 g/mol. The van der Waals surface area contributed by atoms with E-state index >= 15 is 0 Å². The highest BCUT2D eigenvalue weighted by Gasteiger charge is 2.13. The molecule has 1 heterocycles. The van der Waals surface area contributed by atoms with Crippen LogP contribution in [0.15, 0.2) is 30.6 Å². The number of hydrogen-bond acceptors (Lipinski definition) is 4. The number of aryl methyl sites for hydroxylation is 2. The number of benzene rings is 1. The number of anilines is 2. The van der Waals surface area contributed by atoms with Crippen LogP contribution in [0.4, 0.5) is 11.5 Å². The minimum Gasteiger partial charge on any atom is -0.327 e. The van der Waals surface area contributed by atoms with Gasteiger partial charge in [-0.3, -0.25) is 0 Å². The minimum absolute atomic E-state index is 0.333. The van der Waals surface area contributed by atoms with Crippen LogP contribution in [-0.4, -0.2) is 17.0 Å². The van der Waals surface area contributed by atoms with E-state index in [-0.39, 0.29) is 0 Å². The van der Waals surface area contributed by atoms with Crippen LogP contribution in [0.5, 0.6) is 0 Å². The van der Waals surface area contributed by atoms with Gasteiger partial charge in [-0.2, -0.15) is 5.26 Å². The molecule has 4 nitrogen and oxygen atoms in total. The summed E-state index contributed by atoms with van der Waals surface area (Å²) in [5.74, 6) is 0.576. The Kier molecular flexibility index (Phi) is 3.24. The Morgan fingerprint density at radius 3 is 2.56 bits per heavy atom. The third-order valence-electron chi connectivity index (χ3n) is 2.82. The summed E-state index contributed by atoms with van der Waals surface area (Å²) in [7, 11) is 1.89. The Hall–Kier alpha value is -2.41. The molecule has 0 N–H and O–H groups in total. The SMILES string of the molecule is Cc1ccc(N(C)c2nccnc2C#N)c(C)c1. The molecule has 0 spiro atoms. The van der Waals surface area contributed by atoms with Gasteiger partial charge in [-0.1, -0.05) is 17.7 Å². The molecule has 0 fully saturated rings. The molecule has 1 aromatic carbocycles. The highest BCUT2D eigenvalue weighted by atomic mass is 15.2. The highest BCUT2D eigenvalue weighted by Crippen LogP contribution is 2.27. The normalized spacial score (nSPS) is 9.89. The van der Waals surface area contributed by atoms with Crippen molar-refractivity contribution in [3.05, 3.63) is 47.4 Å². The summed E-state index contributed by atoms with van der Waals surface area (Å²) in [6.07, 6.45) is 3.12. The lowest BCUT2D eigenvalue weighted by atomic mass is 10.1. The van der Waals surface area contributed by atoms with E-state index in [4.69, 9.17) is 5.26 Å². The molecule has 0 saturated carbocycles. The fourth-order valence-electron chi connectivity index (χ4n) is 1.95. The molecule has 1 aromatic heterocycles. The number of nitriles is 1. The van der Waals surface area contributed by atoms with E-state index in [9.17, 15) is 0 Å². The van der Waals surface area contributed by atoms with E-state index in [0.717, 1.165) is 11.3 Å². The zero-order chi connectivity index (χ0) is 13.1. The molecule has 0 atom stereocenters. The number of rotatable bonds is 2. The van der Waals surface area contributed by atoms with Crippen LogP contribution in [0.25, 0.3) is 0 Å². The molecule has 0 aliphatic rings. The molecule has 18 heavy (non-hydrogen) atoms. The zero-order valence-corrected chi connectivity index (χ0v) is 10.7. The standard InChI is InChI=1S/C14H14N4/c1-10-4-5-13(11(2)8-10)18(3)14-12(9-15)16-6-7-17-14/h4-8H,1-3H3.